The maximum absolute atomic E-state index is 9.79. The molecule has 164 valence electrons. The van der Waals surface area contributed by atoms with Gasteiger partial charge in [-0.05, 0) is 70.2 Å². The summed E-state index contributed by atoms with van der Waals surface area (Å²) in [5.41, 5.74) is 7.74. The Morgan fingerprint density at radius 1 is 0.412 bits per heavy atom. The summed E-state index contributed by atoms with van der Waals surface area (Å²) in [5.74, 6) is 0. The molecule has 3 nitrogen and oxygen atoms in total. The lowest BCUT2D eigenvalue weighted by Crippen LogP contribution is -2.30. The Hall–Kier alpha value is -4.12. The predicted octanol–water partition coefficient (Wildman–Crippen LogP) is 6.17. The highest BCUT2D eigenvalue weighted by Crippen LogP contribution is 2.39. The minimum atomic E-state index is -1.53. The van der Waals surface area contributed by atoms with Crippen molar-refractivity contribution in [3.63, 3.8) is 0 Å². The van der Waals surface area contributed by atoms with Gasteiger partial charge in [0.1, 0.15) is 0 Å². The van der Waals surface area contributed by atoms with Crippen LogP contribution in [0.1, 0.15) is 0 Å². The Labute approximate surface area is 200 Å². The monoisotopic (exact) mass is 441 g/mol. The van der Waals surface area contributed by atoms with Crippen molar-refractivity contribution in [2.24, 2.45) is 0 Å². The third-order valence-electron chi connectivity index (χ3n) is 5.83. The molecule has 0 amide bonds. The fraction of sp³-hybridized carbons (Fsp3) is 0. The van der Waals surface area contributed by atoms with Crippen LogP contribution < -0.4 is 10.4 Å². The molecule has 0 spiro atoms. The van der Waals surface area contributed by atoms with E-state index in [0.717, 1.165) is 39.3 Å². The van der Waals surface area contributed by atoms with Gasteiger partial charge in [-0.25, -0.2) is 0 Å². The second-order valence-corrected chi connectivity index (χ2v) is 8.14. The van der Waals surface area contributed by atoms with E-state index in [0.29, 0.717) is 5.46 Å². The molecule has 2 N–H and O–H groups in total. The van der Waals surface area contributed by atoms with Crippen LogP contribution in [0.3, 0.4) is 0 Å². The lowest BCUT2D eigenvalue weighted by Gasteiger charge is -2.27. The zero-order chi connectivity index (χ0) is 23.3. The van der Waals surface area contributed by atoms with Crippen LogP contribution in [0, 0.1) is 0 Å². The van der Waals surface area contributed by atoms with Crippen LogP contribution >= 0.6 is 0 Å². The minimum Gasteiger partial charge on any atom is -0.423 e. The molecule has 5 rings (SSSR count). The van der Waals surface area contributed by atoms with Gasteiger partial charge in [0.15, 0.2) is 0 Å². The van der Waals surface area contributed by atoms with Crippen molar-refractivity contribution < 1.29 is 10.0 Å². The van der Waals surface area contributed by atoms with Gasteiger partial charge in [-0.15, -0.1) is 0 Å². The van der Waals surface area contributed by atoms with E-state index in [1.54, 1.807) is 6.07 Å². The number of anilines is 3. The largest absolute Gasteiger partial charge is 0.488 e. The Morgan fingerprint density at radius 2 is 0.912 bits per heavy atom. The molecule has 0 heterocycles. The summed E-state index contributed by atoms with van der Waals surface area (Å²) >= 11 is 0. The number of benzene rings is 5. The minimum absolute atomic E-state index is 0.445. The number of hydrogen-bond acceptors (Lipinski definition) is 3. The highest BCUT2D eigenvalue weighted by atomic mass is 16.4. The summed E-state index contributed by atoms with van der Waals surface area (Å²) in [4.78, 5) is 2.14. The summed E-state index contributed by atoms with van der Waals surface area (Å²) < 4.78 is 0. The number of para-hydroxylation sites is 1. The van der Waals surface area contributed by atoms with Crippen LogP contribution in [0.25, 0.3) is 22.3 Å². The molecule has 0 aliphatic carbocycles. The van der Waals surface area contributed by atoms with Crippen molar-refractivity contribution in [1.29, 1.82) is 0 Å². The molecule has 0 bridgehead atoms. The van der Waals surface area contributed by atoms with Gasteiger partial charge in [0.25, 0.3) is 0 Å². The number of rotatable bonds is 6. The lowest BCUT2D eigenvalue weighted by molar-refractivity contribution is 0.426. The van der Waals surface area contributed by atoms with Crippen molar-refractivity contribution in [2.75, 3.05) is 4.90 Å². The van der Waals surface area contributed by atoms with E-state index in [9.17, 15) is 10.0 Å². The van der Waals surface area contributed by atoms with E-state index in [4.69, 9.17) is 0 Å². The van der Waals surface area contributed by atoms with Crippen molar-refractivity contribution in [2.45, 2.75) is 0 Å². The molecular formula is C30H24BNO2. The molecule has 0 aliphatic heterocycles. The first-order chi connectivity index (χ1) is 16.7. The third kappa shape index (κ3) is 4.64. The van der Waals surface area contributed by atoms with E-state index in [1.807, 2.05) is 72.8 Å². The molecule has 5 aromatic carbocycles. The van der Waals surface area contributed by atoms with Crippen LogP contribution in [0.5, 0.6) is 0 Å². The molecule has 5 aromatic rings. The highest BCUT2D eigenvalue weighted by molar-refractivity contribution is 6.58. The van der Waals surface area contributed by atoms with Crippen LogP contribution in [-0.4, -0.2) is 17.2 Å². The van der Waals surface area contributed by atoms with Gasteiger partial charge in [0.05, 0.1) is 0 Å². The molecule has 4 heteroatoms. The molecule has 0 radical (unpaired) electrons. The molecule has 0 saturated heterocycles. The van der Waals surface area contributed by atoms with Crippen molar-refractivity contribution in [1.82, 2.24) is 0 Å². The van der Waals surface area contributed by atoms with Gasteiger partial charge in [0, 0.05) is 17.1 Å². The smallest absolute Gasteiger partial charge is 0.423 e. The van der Waals surface area contributed by atoms with Gasteiger partial charge in [0.2, 0.25) is 0 Å². The van der Waals surface area contributed by atoms with Gasteiger partial charge >= 0.3 is 7.12 Å². The Kier molecular flexibility index (Phi) is 6.26. The quantitative estimate of drug-likeness (QED) is 0.310. The summed E-state index contributed by atoms with van der Waals surface area (Å²) in [5, 5.41) is 19.6. The number of hydrogen-bond donors (Lipinski definition) is 2. The number of nitrogens with zero attached hydrogens (tertiary/aromatic N) is 1. The molecule has 0 unspecified atom stereocenters. The first-order valence-electron chi connectivity index (χ1n) is 11.3. The van der Waals surface area contributed by atoms with Crippen LogP contribution in [-0.2, 0) is 0 Å². The SMILES string of the molecule is OB(O)c1cccc(N(c2ccccc2)c2cc(-c3ccccc3)cc(-c3ccccc3)c2)c1. The fourth-order valence-electron chi connectivity index (χ4n) is 4.18. The van der Waals surface area contributed by atoms with Crippen LogP contribution in [0.4, 0.5) is 17.1 Å². The van der Waals surface area contributed by atoms with Crippen LogP contribution in [0.15, 0.2) is 133 Å². The third-order valence-corrected chi connectivity index (χ3v) is 5.83. The van der Waals surface area contributed by atoms with Gasteiger partial charge in [-0.2, -0.15) is 0 Å². The van der Waals surface area contributed by atoms with E-state index in [2.05, 4.69) is 59.5 Å². The maximum atomic E-state index is 9.79. The topological polar surface area (TPSA) is 43.7 Å². The maximum Gasteiger partial charge on any atom is 0.488 e. The molecule has 0 fully saturated rings. The van der Waals surface area contributed by atoms with Gasteiger partial charge < -0.3 is 14.9 Å². The molecule has 0 saturated carbocycles. The second-order valence-electron chi connectivity index (χ2n) is 8.14. The molecular weight excluding hydrogens is 417 g/mol. The van der Waals surface area contributed by atoms with Crippen molar-refractivity contribution >= 4 is 29.6 Å². The lowest BCUT2D eigenvalue weighted by atomic mass is 9.80. The molecule has 0 aliphatic rings. The zero-order valence-electron chi connectivity index (χ0n) is 18.6. The predicted molar refractivity (Wildman–Crippen MR) is 142 cm³/mol. The van der Waals surface area contributed by atoms with Crippen molar-refractivity contribution in [3.8, 4) is 22.3 Å². The first-order valence-corrected chi connectivity index (χ1v) is 11.3. The van der Waals surface area contributed by atoms with E-state index in [1.165, 1.54) is 0 Å². The zero-order valence-corrected chi connectivity index (χ0v) is 18.6. The fourth-order valence-corrected chi connectivity index (χ4v) is 4.18. The summed E-state index contributed by atoms with van der Waals surface area (Å²) in [6.07, 6.45) is 0. The average Bonchev–Trinajstić information content (AvgIpc) is 2.90. The van der Waals surface area contributed by atoms with E-state index in [-0.39, 0.29) is 0 Å². The summed E-state index contributed by atoms with van der Waals surface area (Å²) in [6.45, 7) is 0. The first kappa shape index (κ1) is 21.7. The normalized spacial score (nSPS) is 10.6. The van der Waals surface area contributed by atoms with E-state index < -0.39 is 7.12 Å². The Bertz CT molecular complexity index is 1320. The van der Waals surface area contributed by atoms with Gasteiger partial charge in [-0.1, -0.05) is 91.0 Å². The molecule has 0 atom stereocenters. The molecule has 34 heavy (non-hydrogen) atoms. The standard InChI is InChI=1S/C30H24BNO2/c33-31(34)27-15-10-18-29(22-27)32(28-16-8-3-9-17-28)30-20-25(23-11-4-1-5-12-23)19-26(21-30)24-13-6-2-7-14-24/h1-22,33-34H. The van der Waals surface area contributed by atoms with Crippen molar-refractivity contribution in [3.05, 3.63) is 133 Å². The summed E-state index contributed by atoms with van der Waals surface area (Å²) in [7, 11) is -1.53. The van der Waals surface area contributed by atoms with E-state index >= 15 is 0 Å². The summed E-state index contributed by atoms with van der Waals surface area (Å²) in [6, 6.07) is 44.7. The Balaban J connectivity index is 1.74. The highest BCUT2D eigenvalue weighted by Gasteiger charge is 2.18. The van der Waals surface area contributed by atoms with Crippen LogP contribution in [0.2, 0.25) is 0 Å². The Morgan fingerprint density at radius 3 is 1.44 bits per heavy atom. The second kappa shape index (κ2) is 9.80. The van der Waals surface area contributed by atoms with Gasteiger partial charge in [-0.3, -0.25) is 0 Å². The average molecular weight is 441 g/mol. The molecule has 0 aromatic heterocycles.